The number of likely N-dealkylation sites (tertiary alicyclic amines) is 1. The number of hydrogen-bond acceptors (Lipinski definition) is 7. The standard InChI is InChI=1S/C38H43ClN4O4S/c1-21(2)43-30-12-9-25(18-28(30)33(41-43)24-13-15-42(16-14-24)27-19-46-20-27)36-40-29-17-22(3)31(34(37(44)45)47-38(4,5)6)32(35(29)48-36)23-7-10-26(39)11-8-23/h7-12,17-18,21,24,27,34H,13-16,19-20H2,1-6H3,(H,44,45)/t34-/m0/s1. The third-order valence-corrected chi connectivity index (χ3v) is 10.9. The Bertz CT molecular complexity index is 1980. The summed E-state index contributed by atoms with van der Waals surface area (Å²) in [5, 5.41) is 18.3. The van der Waals surface area contributed by atoms with Crippen molar-refractivity contribution in [3.8, 4) is 21.7 Å². The third-order valence-electron chi connectivity index (χ3n) is 9.54. The van der Waals surface area contributed by atoms with E-state index in [-0.39, 0.29) is 6.04 Å². The summed E-state index contributed by atoms with van der Waals surface area (Å²) in [6.07, 6.45) is 1.01. The first-order valence-corrected chi connectivity index (χ1v) is 18.0. The van der Waals surface area contributed by atoms with E-state index in [9.17, 15) is 9.90 Å². The molecular formula is C38H43ClN4O4S. The first kappa shape index (κ1) is 33.2. The average molecular weight is 687 g/mol. The second-order valence-corrected chi connectivity index (χ2v) is 15.9. The number of fused-ring (bicyclic) bond motifs is 2. The highest BCUT2D eigenvalue weighted by molar-refractivity contribution is 7.22. The number of aromatic nitrogens is 3. The fourth-order valence-electron chi connectivity index (χ4n) is 7.13. The summed E-state index contributed by atoms with van der Waals surface area (Å²) in [6, 6.07) is 16.9. The van der Waals surface area contributed by atoms with Crippen LogP contribution in [0.5, 0.6) is 0 Å². The Labute approximate surface area is 290 Å². The number of carboxylic acids is 1. The van der Waals surface area contributed by atoms with Gasteiger partial charge in [0.05, 0.1) is 46.3 Å². The average Bonchev–Trinajstić information content (AvgIpc) is 3.60. The molecule has 0 spiro atoms. The summed E-state index contributed by atoms with van der Waals surface area (Å²) in [4.78, 5) is 20.5. The summed E-state index contributed by atoms with van der Waals surface area (Å²) in [7, 11) is 0. The highest BCUT2D eigenvalue weighted by Gasteiger charge is 2.34. The van der Waals surface area contributed by atoms with E-state index in [1.165, 1.54) is 11.1 Å². The minimum absolute atomic E-state index is 0.239. The molecule has 0 radical (unpaired) electrons. The number of aliphatic carboxylic acids is 1. The molecule has 5 aromatic rings. The molecule has 2 aromatic heterocycles. The van der Waals surface area contributed by atoms with Crippen LogP contribution in [0.3, 0.4) is 0 Å². The van der Waals surface area contributed by atoms with Gasteiger partial charge in [0.15, 0.2) is 6.10 Å². The first-order chi connectivity index (χ1) is 22.9. The highest BCUT2D eigenvalue weighted by Crippen LogP contribution is 2.45. The SMILES string of the molecule is Cc1cc2nc(-c3ccc4c(c3)c(C3CCN(C5COC5)CC3)nn4C(C)C)sc2c(-c2ccc(Cl)cc2)c1[C@H](OC(C)(C)C)C(=O)O. The highest BCUT2D eigenvalue weighted by atomic mass is 35.5. The van der Waals surface area contributed by atoms with Crippen LogP contribution in [0, 0.1) is 6.92 Å². The van der Waals surface area contributed by atoms with E-state index in [1.54, 1.807) is 11.3 Å². The van der Waals surface area contributed by atoms with Gasteiger partial charge in [0.25, 0.3) is 0 Å². The maximum absolute atomic E-state index is 12.8. The van der Waals surface area contributed by atoms with E-state index in [0.717, 1.165) is 82.1 Å². The van der Waals surface area contributed by atoms with Gasteiger partial charge in [0.2, 0.25) is 0 Å². The van der Waals surface area contributed by atoms with Crippen LogP contribution < -0.4 is 0 Å². The van der Waals surface area contributed by atoms with Crippen molar-refractivity contribution in [3.05, 3.63) is 70.4 Å². The van der Waals surface area contributed by atoms with Crippen molar-refractivity contribution in [2.45, 2.75) is 84.1 Å². The monoisotopic (exact) mass is 686 g/mol. The molecule has 2 saturated heterocycles. The Balaban J connectivity index is 1.35. The number of benzene rings is 3. The molecule has 0 amide bonds. The molecule has 7 rings (SSSR count). The summed E-state index contributed by atoms with van der Waals surface area (Å²) in [6.45, 7) is 15.8. The van der Waals surface area contributed by atoms with Gasteiger partial charge in [-0.1, -0.05) is 23.7 Å². The molecule has 48 heavy (non-hydrogen) atoms. The fraction of sp³-hybridized carbons (Fsp3) is 0.447. The van der Waals surface area contributed by atoms with E-state index < -0.39 is 17.7 Å². The third kappa shape index (κ3) is 6.27. The molecule has 0 unspecified atom stereocenters. The molecule has 10 heteroatoms. The molecule has 0 bridgehead atoms. The Morgan fingerprint density at radius 1 is 1.06 bits per heavy atom. The van der Waals surface area contributed by atoms with Gasteiger partial charge in [-0.15, -0.1) is 11.3 Å². The Morgan fingerprint density at radius 2 is 1.75 bits per heavy atom. The number of carbonyl (C=O) groups is 1. The molecule has 4 heterocycles. The van der Waals surface area contributed by atoms with Crippen molar-refractivity contribution in [1.82, 2.24) is 19.7 Å². The van der Waals surface area contributed by atoms with Crippen molar-refractivity contribution in [1.29, 1.82) is 0 Å². The summed E-state index contributed by atoms with van der Waals surface area (Å²) < 4.78 is 14.7. The molecule has 2 aliphatic rings. The summed E-state index contributed by atoms with van der Waals surface area (Å²) in [5.74, 6) is -0.632. The van der Waals surface area contributed by atoms with E-state index >= 15 is 0 Å². The minimum Gasteiger partial charge on any atom is -0.479 e. The predicted octanol–water partition coefficient (Wildman–Crippen LogP) is 9.04. The van der Waals surface area contributed by atoms with Crippen molar-refractivity contribution in [3.63, 3.8) is 0 Å². The second-order valence-electron chi connectivity index (χ2n) is 14.5. The van der Waals surface area contributed by atoms with Crippen molar-refractivity contribution in [2.24, 2.45) is 0 Å². The van der Waals surface area contributed by atoms with Crippen LogP contribution >= 0.6 is 22.9 Å². The molecule has 1 N–H and O–H groups in total. The molecule has 8 nitrogen and oxygen atoms in total. The smallest absolute Gasteiger partial charge is 0.337 e. The van der Waals surface area contributed by atoms with Gasteiger partial charge in [-0.25, -0.2) is 9.78 Å². The molecule has 2 aliphatic heterocycles. The van der Waals surface area contributed by atoms with Crippen LogP contribution in [0.25, 0.3) is 42.8 Å². The lowest BCUT2D eigenvalue weighted by Crippen LogP contribution is -2.51. The van der Waals surface area contributed by atoms with Gasteiger partial charge in [-0.05, 0) is 115 Å². The van der Waals surface area contributed by atoms with Crippen LogP contribution in [0.1, 0.15) is 82.3 Å². The van der Waals surface area contributed by atoms with Crippen LogP contribution in [0.15, 0.2) is 48.5 Å². The maximum atomic E-state index is 12.8. The lowest BCUT2D eigenvalue weighted by atomic mass is 9.90. The van der Waals surface area contributed by atoms with Crippen LogP contribution in [0.2, 0.25) is 5.02 Å². The number of thiazole rings is 1. The zero-order valence-electron chi connectivity index (χ0n) is 28.4. The topological polar surface area (TPSA) is 89.7 Å². The quantitative estimate of drug-likeness (QED) is 0.174. The van der Waals surface area contributed by atoms with E-state index in [0.29, 0.717) is 22.5 Å². The normalized spacial score (nSPS) is 17.4. The Morgan fingerprint density at radius 3 is 2.35 bits per heavy atom. The molecular weight excluding hydrogens is 644 g/mol. The summed E-state index contributed by atoms with van der Waals surface area (Å²) in [5.41, 5.74) is 6.65. The molecule has 2 fully saturated rings. The number of nitrogens with zero attached hydrogens (tertiary/aromatic N) is 4. The van der Waals surface area contributed by atoms with Crippen molar-refractivity contribution in [2.75, 3.05) is 26.3 Å². The maximum Gasteiger partial charge on any atom is 0.337 e. The zero-order valence-corrected chi connectivity index (χ0v) is 30.0. The first-order valence-electron chi connectivity index (χ1n) is 16.8. The predicted molar refractivity (Wildman–Crippen MR) is 193 cm³/mol. The van der Waals surface area contributed by atoms with Crippen LogP contribution in [0.4, 0.5) is 0 Å². The van der Waals surface area contributed by atoms with Crippen molar-refractivity contribution < 1.29 is 19.4 Å². The lowest BCUT2D eigenvalue weighted by Gasteiger charge is -2.41. The van der Waals surface area contributed by atoms with E-state index in [4.69, 9.17) is 31.2 Å². The van der Waals surface area contributed by atoms with E-state index in [2.05, 4.69) is 41.6 Å². The molecule has 0 aliphatic carbocycles. The molecule has 252 valence electrons. The van der Waals surface area contributed by atoms with Gasteiger partial charge in [0.1, 0.15) is 5.01 Å². The number of halogens is 1. The lowest BCUT2D eigenvalue weighted by molar-refractivity contribution is -0.160. The second kappa shape index (κ2) is 12.8. The van der Waals surface area contributed by atoms with Crippen molar-refractivity contribution >= 4 is 50.0 Å². The molecule has 1 atom stereocenters. The van der Waals surface area contributed by atoms with Gasteiger partial charge < -0.3 is 14.6 Å². The van der Waals surface area contributed by atoms with Crippen LogP contribution in [-0.4, -0.2) is 68.7 Å². The van der Waals surface area contributed by atoms with Gasteiger partial charge in [0, 0.05) is 39.1 Å². The number of ether oxygens (including phenoxy) is 2. The van der Waals surface area contributed by atoms with Crippen LogP contribution in [-0.2, 0) is 14.3 Å². The number of aryl methyl sites for hydroxylation is 1. The molecule has 0 saturated carbocycles. The van der Waals surface area contributed by atoms with Gasteiger partial charge in [-0.3, -0.25) is 9.58 Å². The van der Waals surface area contributed by atoms with Gasteiger partial charge >= 0.3 is 5.97 Å². The number of carboxylic acid groups (broad SMARTS) is 1. The summed E-state index contributed by atoms with van der Waals surface area (Å²) >= 11 is 7.88. The zero-order chi connectivity index (χ0) is 33.9. The van der Waals surface area contributed by atoms with E-state index in [1.807, 2.05) is 58.0 Å². The number of hydrogen-bond donors (Lipinski definition) is 1. The Kier molecular flexibility index (Phi) is 8.87. The molecule has 3 aromatic carbocycles. The number of piperidine rings is 1. The fourth-order valence-corrected chi connectivity index (χ4v) is 8.37. The Hall–Kier alpha value is -3.34. The minimum atomic E-state index is -1.16. The largest absolute Gasteiger partial charge is 0.479 e. The van der Waals surface area contributed by atoms with Gasteiger partial charge in [-0.2, -0.15) is 5.10 Å². The number of rotatable bonds is 8.